The molecule has 436 valence electrons. The minimum atomic E-state index is -1.57. The van der Waals surface area contributed by atoms with E-state index < -0.39 is 81.0 Å². The summed E-state index contributed by atoms with van der Waals surface area (Å²) in [4.78, 5) is 136. The molecule has 4 aliphatic rings. The molecule has 2 fully saturated rings. The predicted molar refractivity (Wildman–Crippen MR) is 277 cm³/mol. The molecule has 0 spiro atoms. The fourth-order valence-electron chi connectivity index (χ4n) is 6.78. The van der Waals surface area contributed by atoms with Crippen molar-refractivity contribution in [3.8, 4) is 5.88 Å². The van der Waals surface area contributed by atoms with Crippen LogP contribution >= 0.6 is 69.7 Å². The molecular formula is C36H46N16Na4O21S6. The normalized spacial score (nSPS) is 17.0. The number of hydrogen-bond acceptors (Lipinski definition) is 29. The summed E-state index contributed by atoms with van der Waals surface area (Å²) >= 11 is 6.61. The van der Waals surface area contributed by atoms with Crippen molar-refractivity contribution >= 4 is 127 Å². The van der Waals surface area contributed by atoms with Gasteiger partial charge in [-0.25, -0.2) is 14.6 Å². The maximum absolute atomic E-state index is 12.9. The van der Waals surface area contributed by atoms with E-state index in [9.17, 15) is 58.5 Å². The van der Waals surface area contributed by atoms with Crippen LogP contribution in [0.5, 0.6) is 5.88 Å². The van der Waals surface area contributed by atoms with Gasteiger partial charge in [-0.15, -0.1) is 46.2 Å². The Balaban J connectivity index is -0.000000431. The van der Waals surface area contributed by atoms with E-state index in [0.29, 0.717) is 11.1 Å². The number of anilines is 2. The van der Waals surface area contributed by atoms with Gasteiger partial charge in [-0.3, -0.25) is 38.6 Å². The molecule has 8 heterocycles. The molecule has 4 aromatic heterocycles. The number of carbonyl (C=O) groups excluding carboxylic acids is 6. The number of nitrogens with two attached hydrogens (primary N) is 2. The zero-order valence-corrected chi connectivity index (χ0v) is 57.4. The van der Waals surface area contributed by atoms with Gasteiger partial charge in [0.25, 0.3) is 34.7 Å². The first kappa shape index (κ1) is 88.2. The number of nitrogens with zero attached hydrogens (tertiary/aromatic N) is 12. The summed E-state index contributed by atoms with van der Waals surface area (Å²) < 4.78 is 2.23. The maximum Gasteiger partial charge on any atom is 1.00 e. The fourth-order valence-corrected chi connectivity index (χ4v) is 12.7. The number of hydrogen-bond donors (Lipinski definition) is 4. The molecule has 4 aliphatic heterocycles. The van der Waals surface area contributed by atoms with E-state index in [1.165, 1.54) is 62.6 Å². The molecular weight excluding hydrogens is 1280 g/mol. The Morgan fingerprint density at radius 2 is 1.06 bits per heavy atom. The van der Waals surface area contributed by atoms with Crippen molar-refractivity contribution in [2.24, 2.45) is 24.4 Å². The first-order valence-electron chi connectivity index (χ1n) is 19.8. The van der Waals surface area contributed by atoms with Crippen molar-refractivity contribution in [2.75, 3.05) is 48.7 Å². The number of thiazole rings is 2. The Kier molecular flexibility index (Phi) is 41.0. The second kappa shape index (κ2) is 38.6. The van der Waals surface area contributed by atoms with Gasteiger partial charge in [-0.2, -0.15) is 15.1 Å². The minimum Gasteiger partial charge on any atom is -0.854 e. The van der Waals surface area contributed by atoms with Crippen molar-refractivity contribution in [3.05, 3.63) is 75.7 Å². The van der Waals surface area contributed by atoms with Crippen LogP contribution in [-0.2, 0) is 52.5 Å². The Morgan fingerprint density at radius 3 is 1.42 bits per heavy atom. The minimum absolute atomic E-state index is 0. The summed E-state index contributed by atoms with van der Waals surface area (Å²) in [5.74, 6) is -6.47. The molecule has 47 heteroatoms. The number of nitrogens with one attached hydrogen (secondary N) is 2. The summed E-state index contributed by atoms with van der Waals surface area (Å²) in [6, 6.07) is -2.05. The van der Waals surface area contributed by atoms with Gasteiger partial charge < -0.3 is 110 Å². The molecule has 2 saturated heterocycles. The van der Waals surface area contributed by atoms with Crippen LogP contribution in [0.3, 0.4) is 0 Å². The molecule has 0 bridgehead atoms. The maximum atomic E-state index is 12.9. The Bertz CT molecular complexity index is 3260. The summed E-state index contributed by atoms with van der Waals surface area (Å²) in [5, 5.41) is 56.9. The molecule has 20 N–H and O–H groups in total. The number of aliphatic carboxylic acids is 2. The van der Waals surface area contributed by atoms with E-state index in [0.717, 1.165) is 65.4 Å². The second-order valence-electron chi connectivity index (χ2n) is 14.4. The van der Waals surface area contributed by atoms with E-state index in [1.807, 2.05) is 0 Å². The molecule has 0 radical (unpaired) electrons. The zero-order chi connectivity index (χ0) is 52.3. The van der Waals surface area contributed by atoms with Gasteiger partial charge in [0.1, 0.15) is 48.4 Å². The number of aromatic nitrogens is 8. The van der Waals surface area contributed by atoms with Crippen molar-refractivity contribution in [1.29, 1.82) is 0 Å². The molecule has 0 aliphatic carbocycles. The first-order valence-corrected chi connectivity index (χ1v) is 25.6. The van der Waals surface area contributed by atoms with Gasteiger partial charge in [0.2, 0.25) is 0 Å². The van der Waals surface area contributed by atoms with E-state index >= 15 is 0 Å². The van der Waals surface area contributed by atoms with Crippen LogP contribution in [0, 0.1) is 0 Å². The quantitative estimate of drug-likeness (QED) is 0.0202. The average molecular weight is 1320 g/mol. The van der Waals surface area contributed by atoms with E-state index in [2.05, 4.69) is 51.1 Å². The number of thioether (sulfide) groups is 4. The average Bonchev–Trinajstić information content (AvgIpc) is 3.98. The standard InChI is InChI=1S/2C18H18N8O7S3.4Na.7H2O/c2*1-25-18(22-12(28)13(29)23-25)36-4-6-3-34-15-9(14(30)26(15)10(6)16(31)32)21-11(27)8(24-33-2)7-5-35-17(19)20-7;;;;;;;;;;;/h5,9,15H,3-4H2,1-2H3,(H2,19,20)(H,21,27)(H,23,29)(H,31,32);5,9,15H,3-4H2,1-2H3,(H5,19,20,21,23,27,29,31,32);;;;;7*1H2/q;;4*+1;;;;;;;/p-4/b2*24-8-;;;;;;;;;;;/t2*9-,15-;;;;;;;;;;;/m11.........../s1. The smallest absolute Gasteiger partial charge is 0.854 e. The first-order chi connectivity index (χ1) is 34.2. The molecule has 83 heavy (non-hydrogen) atoms. The van der Waals surface area contributed by atoms with Crippen molar-refractivity contribution in [2.45, 2.75) is 33.1 Å². The number of aryl methyl sites for hydroxylation is 2. The van der Waals surface area contributed by atoms with Gasteiger partial charge in [0.05, 0.1) is 29.2 Å². The molecule has 4 amide bonds. The number of fused-ring (bicyclic) bond motifs is 2. The Hall–Kier alpha value is -3.56. The van der Waals surface area contributed by atoms with Crippen LogP contribution in [0.25, 0.3) is 0 Å². The second-order valence-corrected chi connectivity index (χ2v) is 20.3. The van der Waals surface area contributed by atoms with Gasteiger partial charge in [-0.1, -0.05) is 33.8 Å². The molecule has 8 rings (SSSR count). The molecule has 4 aromatic rings. The number of carboxylic acid groups (broad SMARTS) is 2. The van der Waals surface area contributed by atoms with E-state index in [-0.39, 0.29) is 234 Å². The SMILES string of the molecule is CO/N=C(\C(=O)N[C@@H]1C(=O)N2C(C(=O)[O-])=C(CSc3nc(=O)c(=O)[n-]n3C)CS[C@H]12)c1csc(N)n1.CO/N=C(\C(=O)N[C@@H]1C(=O)N2C(C(=O)[O-])=C(CSc3nc(=O)c([O-])nn3C)CS[C@H]12)c1csc(N)n1.O.O.O.O.O.O.O.[Na+].[Na+].[Na+].[Na+]. The van der Waals surface area contributed by atoms with E-state index in [1.54, 1.807) is 0 Å². The molecule has 0 aromatic carbocycles. The Morgan fingerprint density at radius 1 is 0.675 bits per heavy atom. The molecule has 37 nitrogen and oxygen atoms in total. The molecule has 0 saturated carbocycles. The van der Waals surface area contributed by atoms with Crippen LogP contribution in [0.1, 0.15) is 11.4 Å². The van der Waals surface area contributed by atoms with Crippen LogP contribution < -0.4 is 177 Å². The number of β-lactam (4-membered cyclic amide) rings is 2. The number of amides is 4. The number of nitrogen functional groups attached to an aromatic ring is 2. The third kappa shape index (κ3) is 19.7. The van der Waals surface area contributed by atoms with Crippen LogP contribution in [0.4, 0.5) is 10.3 Å². The van der Waals surface area contributed by atoms with Gasteiger partial charge >= 0.3 is 118 Å². The fraction of sp³-hybridized carbons (Fsp3) is 0.333. The van der Waals surface area contributed by atoms with Crippen molar-refractivity contribution < 1.29 is 210 Å². The van der Waals surface area contributed by atoms with Gasteiger partial charge in [-0.05, 0) is 18.2 Å². The van der Waals surface area contributed by atoms with Crippen molar-refractivity contribution in [3.63, 3.8) is 0 Å². The predicted octanol–water partition coefficient (Wildman–Crippen LogP) is -24.2. The number of oxime groups is 2. The Labute approximate surface area is 578 Å². The molecule has 0 unspecified atom stereocenters. The largest absolute Gasteiger partial charge is 1.00 e. The van der Waals surface area contributed by atoms with Gasteiger partial charge in [0, 0.05) is 40.8 Å². The zero-order valence-electron chi connectivity index (χ0n) is 44.5. The van der Waals surface area contributed by atoms with Gasteiger partial charge in [0.15, 0.2) is 37.6 Å². The number of rotatable bonds is 16. The third-order valence-corrected chi connectivity index (χ3v) is 16.2. The summed E-state index contributed by atoms with van der Waals surface area (Å²) in [6.07, 6.45) is 0. The monoisotopic (exact) mass is 1320 g/mol. The summed E-state index contributed by atoms with van der Waals surface area (Å²) in [6.45, 7) is 0. The molecule has 4 atom stereocenters. The van der Waals surface area contributed by atoms with Crippen LogP contribution in [0.15, 0.2) is 68.3 Å². The summed E-state index contributed by atoms with van der Waals surface area (Å²) in [7, 11) is 5.32. The number of carbonyl (C=O) groups is 6. The summed E-state index contributed by atoms with van der Waals surface area (Å²) in [5.41, 5.74) is 8.13. The number of carboxylic acids is 2. The van der Waals surface area contributed by atoms with Crippen LogP contribution in [-0.4, -0.2) is 190 Å². The third-order valence-electron chi connectivity index (χ3n) is 9.93. The van der Waals surface area contributed by atoms with E-state index in [4.69, 9.17) is 21.1 Å². The van der Waals surface area contributed by atoms with Crippen molar-refractivity contribution in [1.82, 2.24) is 59.9 Å². The van der Waals surface area contributed by atoms with Crippen LogP contribution in [0.2, 0.25) is 0 Å². The topological polar surface area (TPSA) is 657 Å².